The Labute approximate surface area is 181 Å². The van der Waals surface area contributed by atoms with E-state index in [2.05, 4.69) is 15.0 Å². The Balaban J connectivity index is 1.32. The Hall–Kier alpha value is -2.32. The maximum Gasteiger partial charge on any atom is 0.332 e. The Bertz CT molecular complexity index is 1070. The highest BCUT2D eigenvalue weighted by Crippen LogP contribution is 2.32. The molecular weight excluding hydrogens is 394 g/mol. The van der Waals surface area contributed by atoms with Crippen molar-refractivity contribution in [2.75, 3.05) is 13.1 Å². The minimum Gasteiger partial charge on any atom is -0.364 e. The number of aromatic nitrogens is 4. The Morgan fingerprint density at radius 2 is 1.97 bits per heavy atom. The molecule has 1 atom stereocenters. The molecule has 1 saturated heterocycles. The number of fused-ring (bicyclic) bond motifs is 1. The molecule has 166 valence electrons. The molecule has 2 fully saturated rings. The second-order valence-corrected chi connectivity index (χ2v) is 9.50. The first-order valence-corrected chi connectivity index (χ1v) is 11.5. The van der Waals surface area contributed by atoms with Crippen LogP contribution in [0, 0.1) is 12.8 Å². The van der Waals surface area contributed by atoms with Gasteiger partial charge in [0.2, 0.25) is 0 Å². The lowest BCUT2D eigenvalue weighted by Gasteiger charge is -2.35. The molecule has 8 heteroatoms. The molecule has 0 unspecified atom stereocenters. The normalized spacial score (nSPS) is 24.5. The highest BCUT2D eigenvalue weighted by Gasteiger charge is 2.43. The summed E-state index contributed by atoms with van der Waals surface area (Å²) in [6.45, 7) is 5.57. The van der Waals surface area contributed by atoms with E-state index >= 15 is 0 Å². The Kier molecular flexibility index (Phi) is 5.52. The van der Waals surface area contributed by atoms with Gasteiger partial charge < -0.3 is 4.74 Å². The zero-order chi connectivity index (χ0) is 21.4. The maximum absolute atomic E-state index is 12.9. The Morgan fingerprint density at radius 3 is 2.77 bits per heavy atom. The first-order chi connectivity index (χ1) is 15.0. The summed E-state index contributed by atoms with van der Waals surface area (Å²) >= 11 is 0. The van der Waals surface area contributed by atoms with E-state index < -0.39 is 16.7 Å². The zero-order valence-electron chi connectivity index (χ0n) is 18.3. The molecule has 0 amide bonds. The Morgan fingerprint density at radius 1 is 1.13 bits per heavy atom. The van der Waals surface area contributed by atoms with Crippen LogP contribution in [0.3, 0.4) is 0 Å². The number of ether oxygens (including phenoxy) is 1. The lowest BCUT2D eigenvalue weighted by Crippen LogP contribution is -2.53. The summed E-state index contributed by atoms with van der Waals surface area (Å²) in [5.41, 5.74) is 0.659. The predicted molar refractivity (Wildman–Crippen MR) is 116 cm³/mol. The molecule has 4 heterocycles. The number of rotatable bonds is 4. The fraction of sp³-hybridized carbons (Fsp3) is 0.652. The average molecular weight is 426 g/mol. The van der Waals surface area contributed by atoms with Crippen molar-refractivity contribution in [3.05, 3.63) is 56.1 Å². The fourth-order valence-electron chi connectivity index (χ4n) is 5.37. The average Bonchev–Trinajstić information content (AvgIpc) is 3.15. The summed E-state index contributed by atoms with van der Waals surface area (Å²) in [6.07, 6.45) is 6.71. The third-order valence-corrected chi connectivity index (χ3v) is 7.05. The van der Waals surface area contributed by atoms with Crippen LogP contribution in [-0.2, 0) is 31.0 Å². The maximum atomic E-state index is 12.9. The van der Waals surface area contributed by atoms with E-state index in [0.29, 0.717) is 24.8 Å². The van der Waals surface area contributed by atoms with Gasteiger partial charge in [-0.1, -0.05) is 25.3 Å². The second-order valence-electron chi connectivity index (χ2n) is 9.50. The minimum absolute atomic E-state index is 0.275. The van der Waals surface area contributed by atoms with Crippen molar-refractivity contribution in [2.24, 2.45) is 5.92 Å². The molecule has 1 aliphatic carbocycles. The van der Waals surface area contributed by atoms with Crippen molar-refractivity contribution < 1.29 is 4.74 Å². The molecule has 2 aliphatic heterocycles. The van der Waals surface area contributed by atoms with Gasteiger partial charge in [-0.05, 0) is 44.2 Å². The molecule has 5 rings (SSSR count). The van der Waals surface area contributed by atoms with E-state index in [-0.39, 0.29) is 6.61 Å². The number of hydrogen-bond acceptors (Lipinski definition) is 6. The predicted octanol–water partition coefficient (Wildman–Crippen LogP) is 1.86. The highest BCUT2D eigenvalue weighted by molar-refractivity contribution is 5.11. The van der Waals surface area contributed by atoms with Gasteiger partial charge in [-0.3, -0.25) is 24.0 Å². The molecule has 0 N–H and O–H groups in total. The second kappa shape index (κ2) is 8.31. The lowest BCUT2D eigenvalue weighted by atomic mass is 9.89. The quantitative estimate of drug-likeness (QED) is 0.696. The number of nitrogens with zero attached hydrogens (tertiary/aromatic N) is 5. The van der Waals surface area contributed by atoms with Gasteiger partial charge >= 0.3 is 11.1 Å². The van der Waals surface area contributed by atoms with Crippen LogP contribution >= 0.6 is 0 Å². The fourth-order valence-corrected chi connectivity index (χ4v) is 5.37. The molecule has 1 saturated carbocycles. The van der Waals surface area contributed by atoms with Crippen molar-refractivity contribution in [3.8, 4) is 0 Å². The van der Waals surface area contributed by atoms with Gasteiger partial charge in [0.1, 0.15) is 12.2 Å². The van der Waals surface area contributed by atoms with Crippen LogP contribution in [0.25, 0.3) is 0 Å². The van der Waals surface area contributed by atoms with Gasteiger partial charge in [0.25, 0.3) is 0 Å². The molecule has 1 spiro atoms. The SMILES string of the molecule is Cc1cccc(CN2CC[C@@]3(C2)Cn2c(nn(CC4CCCCC4)c(=O)c2=O)CO3)n1. The van der Waals surface area contributed by atoms with Gasteiger partial charge in [-0.2, -0.15) is 5.10 Å². The smallest absolute Gasteiger partial charge is 0.332 e. The summed E-state index contributed by atoms with van der Waals surface area (Å²) < 4.78 is 9.25. The van der Waals surface area contributed by atoms with E-state index in [1.165, 1.54) is 23.9 Å². The van der Waals surface area contributed by atoms with Crippen LogP contribution in [0.1, 0.15) is 55.7 Å². The van der Waals surface area contributed by atoms with E-state index in [0.717, 1.165) is 50.3 Å². The monoisotopic (exact) mass is 425 g/mol. The van der Waals surface area contributed by atoms with Crippen LogP contribution in [0.2, 0.25) is 0 Å². The van der Waals surface area contributed by atoms with Gasteiger partial charge in [0, 0.05) is 31.9 Å². The number of likely N-dealkylation sites (tertiary alicyclic amines) is 1. The van der Waals surface area contributed by atoms with Crippen molar-refractivity contribution in [1.82, 2.24) is 24.2 Å². The lowest BCUT2D eigenvalue weighted by molar-refractivity contribution is -0.0860. The molecule has 31 heavy (non-hydrogen) atoms. The third-order valence-electron chi connectivity index (χ3n) is 7.05. The summed E-state index contributed by atoms with van der Waals surface area (Å²) in [5.74, 6) is 1.01. The molecule has 0 aromatic carbocycles. The van der Waals surface area contributed by atoms with Crippen LogP contribution in [0.5, 0.6) is 0 Å². The van der Waals surface area contributed by atoms with E-state index in [1.54, 1.807) is 4.57 Å². The number of aryl methyl sites for hydroxylation is 1. The van der Waals surface area contributed by atoms with Gasteiger partial charge in [0.05, 0.1) is 12.2 Å². The largest absolute Gasteiger partial charge is 0.364 e. The van der Waals surface area contributed by atoms with E-state index in [4.69, 9.17) is 4.74 Å². The molecule has 3 aliphatic rings. The molecule has 0 bridgehead atoms. The summed E-state index contributed by atoms with van der Waals surface area (Å²) in [5, 5.41) is 4.54. The van der Waals surface area contributed by atoms with E-state index in [1.807, 2.05) is 25.1 Å². The van der Waals surface area contributed by atoms with Crippen molar-refractivity contribution in [1.29, 1.82) is 0 Å². The van der Waals surface area contributed by atoms with Crippen LogP contribution in [0.15, 0.2) is 27.8 Å². The third kappa shape index (κ3) is 4.23. The molecule has 2 aromatic rings. The first-order valence-electron chi connectivity index (χ1n) is 11.5. The van der Waals surface area contributed by atoms with Crippen molar-refractivity contribution in [3.63, 3.8) is 0 Å². The van der Waals surface area contributed by atoms with Crippen LogP contribution in [-0.4, -0.2) is 42.9 Å². The first kappa shape index (κ1) is 20.6. The van der Waals surface area contributed by atoms with Gasteiger partial charge in [0.15, 0.2) is 5.82 Å². The summed E-state index contributed by atoms with van der Waals surface area (Å²) in [4.78, 5) is 32.6. The number of pyridine rings is 1. The van der Waals surface area contributed by atoms with Crippen LogP contribution < -0.4 is 11.1 Å². The van der Waals surface area contributed by atoms with E-state index in [9.17, 15) is 9.59 Å². The summed E-state index contributed by atoms with van der Waals surface area (Å²) in [7, 11) is 0. The number of hydrogen-bond donors (Lipinski definition) is 0. The highest BCUT2D eigenvalue weighted by atomic mass is 16.5. The standard InChI is InChI=1S/C23H31N5O3/c1-17-6-5-9-19(24-17)13-26-11-10-23(15-26)16-27-20(14-31-23)25-28(22(30)21(27)29)12-18-7-3-2-4-8-18/h5-6,9,18H,2-4,7-8,10-16H2,1H3/t23-/m1/s1. The zero-order valence-corrected chi connectivity index (χ0v) is 18.3. The molecular formula is C23H31N5O3. The van der Waals surface area contributed by atoms with Crippen molar-refractivity contribution >= 4 is 0 Å². The van der Waals surface area contributed by atoms with Gasteiger partial charge in [-0.25, -0.2) is 4.68 Å². The molecule has 8 nitrogen and oxygen atoms in total. The molecule has 2 aromatic heterocycles. The summed E-state index contributed by atoms with van der Waals surface area (Å²) in [6, 6.07) is 6.06. The van der Waals surface area contributed by atoms with Gasteiger partial charge in [-0.15, -0.1) is 0 Å². The van der Waals surface area contributed by atoms with Crippen molar-refractivity contribution in [2.45, 2.75) is 77.3 Å². The van der Waals surface area contributed by atoms with Crippen LogP contribution in [0.4, 0.5) is 0 Å². The minimum atomic E-state index is -0.495. The molecule has 0 radical (unpaired) electrons. The topological polar surface area (TPSA) is 82.2 Å².